The first-order chi connectivity index (χ1) is 16.6. The molecule has 35 heavy (non-hydrogen) atoms. The van der Waals surface area contributed by atoms with Gasteiger partial charge in [0.2, 0.25) is 17.7 Å². The van der Waals surface area contributed by atoms with Crippen LogP contribution in [0.4, 0.5) is 5.82 Å². The zero-order valence-corrected chi connectivity index (χ0v) is 20.3. The van der Waals surface area contributed by atoms with Crippen molar-refractivity contribution in [2.24, 2.45) is 0 Å². The number of benzene rings is 1. The van der Waals surface area contributed by atoms with Gasteiger partial charge in [-0.3, -0.25) is 24.1 Å². The van der Waals surface area contributed by atoms with Gasteiger partial charge in [-0.2, -0.15) is 0 Å². The lowest BCUT2D eigenvalue weighted by Crippen LogP contribution is -2.55. The van der Waals surface area contributed by atoms with Gasteiger partial charge in [0.05, 0.1) is 19.4 Å². The number of hydrogen-bond donors (Lipinski definition) is 4. The second-order valence-electron chi connectivity index (χ2n) is 7.97. The Labute approximate surface area is 203 Å². The molecule has 11 heteroatoms. The third-order valence-electron chi connectivity index (χ3n) is 5.38. The SMILES string of the molecule is CCOC(=O)[C@H](C)NC(=O)[C@H](CCC(=O)C=N)N(C(=O)CNC(C)=O)c1[nH]c2ccccc2c1C. The van der Waals surface area contributed by atoms with Crippen LogP contribution in [-0.2, 0) is 28.7 Å². The van der Waals surface area contributed by atoms with Gasteiger partial charge < -0.3 is 25.8 Å². The number of amides is 3. The molecule has 0 radical (unpaired) electrons. The molecule has 2 rings (SSSR count). The lowest BCUT2D eigenvalue weighted by molar-refractivity contribution is -0.147. The third kappa shape index (κ3) is 6.98. The number of aromatic nitrogens is 1. The summed E-state index contributed by atoms with van der Waals surface area (Å²) >= 11 is 0. The molecule has 0 saturated carbocycles. The molecule has 0 saturated heterocycles. The largest absolute Gasteiger partial charge is 0.464 e. The minimum absolute atomic E-state index is 0.115. The summed E-state index contributed by atoms with van der Waals surface area (Å²) in [6.45, 7) is 5.88. The van der Waals surface area contributed by atoms with Crippen molar-refractivity contribution in [1.82, 2.24) is 15.6 Å². The maximum Gasteiger partial charge on any atom is 0.328 e. The Kier molecular flexibility index (Phi) is 9.68. The van der Waals surface area contributed by atoms with Crippen molar-refractivity contribution in [2.75, 3.05) is 18.1 Å². The van der Waals surface area contributed by atoms with E-state index in [1.807, 2.05) is 24.3 Å². The molecule has 11 nitrogen and oxygen atoms in total. The molecule has 0 aliphatic heterocycles. The van der Waals surface area contributed by atoms with Crippen LogP contribution < -0.4 is 15.5 Å². The van der Waals surface area contributed by atoms with Gasteiger partial charge in [-0.05, 0) is 38.8 Å². The number of Topliss-reactive ketones (excluding diaryl/α,β-unsaturated/α-hetero) is 1. The summed E-state index contributed by atoms with van der Waals surface area (Å²) in [4.78, 5) is 66.5. The fourth-order valence-corrected chi connectivity index (χ4v) is 3.61. The predicted octanol–water partition coefficient (Wildman–Crippen LogP) is 1.38. The minimum atomic E-state index is -1.22. The number of fused-ring (bicyclic) bond motifs is 1. The summed E-state index contributed by atoms with van der Waals surface area (Å²) in [7, 11) is 0. The maximum atomic E-state index is 13.4. The Morgan fingerprint density at radius 2 is 1.89 bits per heavy atom. The van der Waals surface area contributed by atoms with Crippen LogP contribution in [-0.4, -0.2) is 65.9 Å². The molecular formula is C24H31N5O6. The van der Waals surface area contributed by atoms with Crippen LogP contribution in [0.25, 0.3) is 10.9 Å². The molecule has 0 fully saturated rings. The Bertz CT molecular complexity index is 1120. The fourth-order valence-electron chi connectivity index (χ4n) is 3.61. The monoisotopic (exact) mass is 485 g/mol. The van der Waals surface area contributed by atoms with E-state index >= 15 is 0 Å². The normalized spacial score (nSPS) is 12.3. The van der Waals surface area contributed by atoms with Crippen LogP contribution in [0.5, 0.6) is 0 Å². The number of nitrogens with one attached hydrogen (secondary N) is 4. The molecule has 1 aromatic carbocycles. The number of rotatable bonds is 12. The molecule has 0 bridgehead atoms. The number of ether oxygens (including phenoxy) is 1. The van der Waals surface area contributed by atoms with Crippen molar-refractivity contribution in [3.05, 3.63) is 29.8 Å². The molecule has 1 heterocycles. The maximum absolute atomic E-state index is 13.4. The van der Waals surface area contributed by atoms with Gasteiger partial charge in [0.1, 0.15) is 17.9 Å². The van der Waals surface area contributed by atoms with Crippen LogP contribution in [0, 0.1) is 12.3 Å². The summed E-state index contributed by atoms with van der Waals surface area (Å²) < 4.78 is 4.94. The molecule has 0 aliphatic rings. The lowest BCUT2D eigenvalue weighted by atomic mass is 10.0. The van der Waals surface area contributed by atoms with Crippen LogP contribution >= 0.6 is 0 Å². The Morgan fingerprint density at radius 1 is 1.20 bits per heavy atom. The van der Waals surface area contributed by atoms with E-state index in [9.17, 15) is 24.0 Å². The molecule has 0 aliphatic carbocycles. The van der Waals surface area contributed by atoms with E-state index in [1.54, 1.807) is 13.8 Å². The van der Waals surface area contributed by atoms with E-state index in [1.165, 1.54) is 18.7 Å². The molecule has 2 aromatic rings. The van der Waals surface area contributed by atoms with E-state index in [-0.39, 0.29) is 26.0 Å². The highest BCUT2D eigenvalue weighted by molar-refractivity contribution is 6.26. The van der Waals surface area contributed by atoms with Gasteiger partial charge in [0.15, 0.2) is 5.78 Å². The zero-order chi connectivity index (χ0) is 26.1. The summed E-state index contributed by atoms with van der Waals surface area (Å²) in [5.74, 6) is -2.55. The number of carbonyl (C=O) groups excluding carboxylic acids is 5. The quantitative estimate of drug-likeness (QED) is 0.262. The number of hydrogen-bond acceptors (Lipinski definition) is 7. The van der Waals surface area contributed by atoms with E-state index in [0.29, 0.717) is 17.6 Å². The number of esters is 1. The van der Waals surface area contributed by atoms with Crippen molar-refractivity contribution < 1.29 is 28.7 Å². The van der Waals surface area contributed by atoms with Crippen LogP contribution in [0.2, 0.25) is 0 Å². The van der Waals surface area contributed by atoms with E-state index in [2.05, 4.69) is 15.6 Å². The summed E-state index contributed by atoms with van der Waals surface area (Å²) in [6.07, 6.45) is 0.350. The first-order valence-corrected chi connectivity index (χ1v) is 11.2. The molecule has 4 N–H and O–H groups in total. The first-order valence-electron chi connectivity index (χ1n) is 11.2. The van der Waals surface area contributed by atoms with Gasteiger partial charge in [0.25, 0.3) is 0 Å². The highest BCUT2D eigenvalue weighted by atomic mass is 16.5. The topological polar surface area (TPSA) is 162 Å². The molecule has 2 atom stereocenters. The van der Waals surface area contributed by atoms with Gasteiger partial charge >= 0.3 is 5.97 Å². The van der Waals surface area contributed by atoms with Crippen LogP contribution in [0.3, 0.4) is 0 Å². The smallest absolute Gasteiger partial charge is 0.328 e. The van der Waals surface area contributed by atoms with E-state index in [4.69, 9.17) is 10.1 Å². The van der Waals surface area contributed by atoms with Crippen LogP contribution in [0.1, 0.15) is 39.2 Å². The molecule has 1 aromatic heterocycles. The number of para-hydroxylation sites is 1. The molecule has 0 spiro atoms. The van der Waals surface area contributed by atoms with Crippen LogP contribution in [0.15, 0.2) is 24.3 Å². The highest BCUT2D eigenvalue weighted by Crippen LogP contribution is 2.30. The lowest BCUT2D eigenvalue weighted by Gasteiger charge is -2.31. The average Bonchev–Trinajstić information content (AvgIpc) is 3.15. The van der Waals surface area contributed by atoms with Crippen molar-refractivity contribution >= 4 is 52.4 Å². The summed E-state index contributed by atoms with van der Waals surface area (Å²) in [6, 6.07) is 5.11. The van der Waals surface area contributed by atoms with Gasteiger partial charge in [-0.15, -0.1) is 0 Å². The number of ketones is 1. The first kappa shape index (κ1) is 27.2. The van der Waals surface area contributed by atoms with Gasteiger partial charge in [0, 0.05) is 24.2 Å². The number of anilines is 1. The summed E-state index contributed by atoms with van der Waals surface area (Å²) in [5.41, 5.74) is 1.42. The minimum Gasteiger partial charge on any atom is -0.464 e. The Hall–Kier alpha value is -4.02. The molecule has 0 unspecified atom stereocenters. The average molecular weight is 486 g/mol. The second-order valence-corrected chi connectivity index (χ2v) is 7.97. The van der Waals surface area contributed by atoms with Gasteiger partial charge in [-0.1, -0.05) is 18.2 Å². The molecule has 3 amide bonds. The van der Waals surface area contributed by atoms with Gasteiger partial charge in [-0.25, -0.2) is 4.79 Å². The predicted molar refractivity (Wildman–Crippen MR) is 130 cm³/mol. The highest BCUT2D eigenvalue weighted by Gasteiger charge is 2.35. The Morgan fingerprint density at radius 3 is 2.49 bits per heavy atom. The molecular weight excluding hydrogens is 454 g/mol. The van der Waals surface area contributed by atoms with Crippen molar-refractivity contribution in [2.45, 2.75) is 52.6 Å². The number of aryl methyl sites for hydroxylation is 1. The second kappa shape index (κ2) is 12.4. The molecule has 188 valence electrons. The third-order valence-corrected chi connectivity index (χ3v) is 5.38. The zero-order valence-electron chi connectivity index (χ0n) is 20.3. The fraction of sp³-hybridized carbons (Fsp3) is 0.417. The number of nitrogens with zero attached hydrogens (tertiary/aromatic N) is 1. The number of aromatic amines is 1. The van der Waals surface area contributed by atoms with Crippen molar-refractivity contribution in [3.8, 4) is 0 Å². The van der Waals surface area contributed by atoms with Crippen molar-refractivity contribution in [3.63, 3.8) is 0 Å². The van der Waals surface area contributed by atoms with E-state index in [0.717, 1.165) is 10.9 Å². The van der Waals surface area contributed by atoms with E-state index < -0.39 is 41.6 Å². The number of H-pyrrole nitrogens is 1. The standard InChI is InChI=1S/C24H31N5O6/c1-5-35-24(34)15(3)27-23(33)20(11-10-17(31)12-25)29(21(32)13-26-16(4)30)22-14(2)18-8-6-7-9-19(18)28-22/h6-9,12,15,20,25,28H,5,10-11,13H2,1-4H3,(H,26,30)(H,27,33)/t15-,20-/m0/s1. The Balaban J connectivity index is 2.54. The van der Waals surface area contributed by atoms with Crippen molar-refractivity contribution in [1.29, 1.82) is 5.41 Å². The number of carbonyl (C=O) groups is 5. The summed E-state index contributed by atoms with van der Waals surface area (Å²) in [5, 5.41) is 13.0.